The van der Waals surface area contributed by atoms with Crippen molar-refractivity contribution in [2.75, 3.05) is 72.0 Å². The number of nitrogens with zero attached hydrogens (tertiary/aromatic N) is 29. The van der Waals surface area contributed by atoms with Gasteiger partial charge in [-0.05, 0) is 133 Å². The molecule has 17 aromatic heterocycles. The molecular formula is C111H79F4N29O4. The van der Waals surface area contributed by atoms with E-state index in [-0.39, 0.29) is 35.7 Å². The molecule has 4 aliphatic heterocycles. The predicted octanol–water partition coefficient (Wildman–Crippen LogP) is 16.2. The van der Waals surface area contributed by atoms with Gasteiger partial charge in [0.05, 0.1) is 152 Å². The first-order valence-corrected chi connectivity index (χ1v) is 46.2. The van der Waals surface area contributed by atoms with Gasteiger partial charge in [-0.1, -0.05) is 23.7 Å². The van der Waals surface area contributed by atoms with Gasteiger partial charge < -0.3 is 38.5 Å². The number of hydrogen-bond donors (Lipinski definition) is 0. The molecule has 0 saturated carbocycles. The molecule has 148 heavy (non-hydrogen) atoms. The topological polar surface area (TPSA) is 350 Å². The third-order valence-corrected chi connectivity index (χ3v) is 25.4. The van der Waals surface area contributed by atoms with E-state index in [4.69, 9.17) is 49.6 Å². The van der Waals surface area contributed by atoms with Crippen LogP contribution in [0.2, 0.25) is 0 Å². The SMILES string of the molecule is C#Cc1ccc(OC2CN(c3ccc(-c4cc(-c5cnn(C(F)F)c5)cn5ncc(C#N)c45)cn3)C2)nc1.C#Cc1ccc(OC2CN(c3ccc(-c4cc(-c5cnn(C)c5)cn5ncc(C#N)c45)cn3)C2)c(F)c1.C#Cc1ccc(OC2CN(c3ccc(-c4cc(-c5cnn(C)c5)cn5ncc(C#N)c45)cn3)C2)cc1.C#Cc1ccc(OC2CN(c3ccc(-c4cc(-c5cnn(C)c5)cn5ncc(C#N)c45)cn3)C2)cc1F. The number of aromatic nitrogens is 21. The Morgan fingerprint density at radius 2 is 0.649 bits per heavy atom. The van der Waals surface area contributed by atoms with E-state index in [0.717, 1.165) is 137 Å². The molecule has 0 atom stereocenters. The third-order valence-electron chi connectivity index (χ3n) is 25.4. The van der Waals surface area contributed by atoms with Gasteiger partial charge in [0.2, 0.25) is 5.88 Å². The van der Waals surface area contributed by atoms with Crippen LogP contribution in [0.3, 0.4) is 0 Å². The van der Waals surface area contributed by atoms with E-state index in [1.165, 1.54) is 30.7 Å². The molecular weight excluding hydrogens is 1880 g/mol. The van der Waals surface area contributed by atoms with Gasteiger partial charge in [-0.3, -0.25) is 14.0 Å². The van der Waals surface area contributed by atoms with Crippen LogP contribution in [-0.4, -0.2) is 179 Å². The van der Waals surface area contributed by atoms with Crippen molar-refractivity contribution < 1.29 is 36.5 Å². The van der Waals surface area contributed by atoms with Crippen molar-refractivity contribution in [3.05, 3.63) is 332 Å². The zero-order valence-corrected chi connectivity index (χ0v) is 78.9. The highest BCUT2D eigenvalue weighted by Gasteiger charge is 2.35. The maximum absolute atomic E-state index is 14.2. The molecule has 4 saturated heterocycles. The highest BCUT2D eigenvalue weighted by atomic mass is 19.3. The van der Waals surface area contributed by atoms with Crippen LogP contribution >= 0.6 is 0 Å². The number of terminal acetylenes is 4. The molecule has 0 spiro atoms. The number of alkyl halides is 2. The summed E-state index contributed by atoms with van der Waals surface area (Å²) < 4.78 is 90.4. The zero-order chi connectivity index (χ0) is 102. The molecule has 21 heterocycles. The van der Waals surface area contributed by atoms with Crippen molar-refractivity contribution in [1.29, 1.82) is 21.0 Å². The minimum Gasteiger partial charge on any atom is -0.487 e. The number of pyridine rings is 9. The van der Waals surface area contributed by atoms with E-state index in [9.17, 15) is 38.6 Å². The Kier molecular flexibility index (Phi) is 25.4. The van der Waals surface area contributed by atoms with Crippen LogP contribution in [0.1, 0.15) is 51.1 Å². The number of hydrogen-bond acceptors (Lipinski definition) is 25. The van der Waals surface area contributed by atoms with Crippen molar-refractivity contribution >= 4 is 45.3 Å². The Hall–Kier alpha value is -20.7. The second-order valence-corrected chi connectivity index (χ2v) is 35.1. The molecule has 37 heteroatoms. The fraction of sp³-hybridized carbons (Fsp3) is 0.144. The first-order chi connectivity index (χ1) is 72.2. The number of nitriles is 4. The Balaban J connectivity index is 0.000000116. The maximum atomic E-state index is 14.2. The third kappa shape index (κ3) is 19.2. The van der Waals surface area contributed by atoms with E-state index < -0.39 is 18.2 Å². The average molecular weight is 1960 g/mol. The second-order valence-electron chi connectivity index (χ2n) is 35.1. The van der Waals surface area contributed by atoms with E-state index in [1.54, 1.807) is 130 Å². The lowest BCUT2D eigenvalue weighted by atomic mass is 10.0. The summed E-state index contributed by atoms with van der Waals surface area (Å²) in [6.07, 6.45) is 57.4. The van der Waals surface area contributed by atoms with E-state index in [1.807, 2.05) is 162 Å². The van der Waals surface area contributed by atoms with Crippen molar-refractivity contribution in [1.82, 2.24) is 102 Å². The van der Waals surface area contributed by atoms with Gasteiger partial charge in [-0.25, -0.2) is 56.4 Å². The fourth-order valence-electron chi connectivity index (χ4n) is 17.6. The largest absolute Gasteiger partial charge is 0.487 e. The zero-order valence-electron chi connectivity index (χ0n) is 78.9. The van der Waals surface area contributed by atoms with Crippen LogP contribution in [0, 0.1) is 106 Å². The Labute approximate surface area is 842 Å². The minimum atomic E-state index is -2.74. The molecule has 0 N–H and O–H groups in total. The van der Waals surface area contributed by atoms with Crippen LogP contribution in [-0.2, 0) is 21.1 Å². The van der Waals surface area contributed by atoms with E-state index in [2.05, 4.69) is 134 Å². The van der Waals surface area contributed by atoms with Gasteiger partial charge in [0, 0.05) is 220 Å². The van der Waals surface area contributed by atoms with Gasteiger partial charge in [0.1, 0.15) is 89.3 Å². The number of rotatable bonds is 21. The molecule has 24 rings (SSSR count). The lowest BCUT2D eigenvalue weighted by Gasteiger charge is -2.39. The highest BCUT2D eigenvalue weighted by molar-refractivity contribution is 5.92. The molecule has 20 aromatic rings. The van der Waals surface area contributed by atoms with Crippen molar-refractivity contribution in [2.45, 2.75) is 31.0 Å². The quantitative estimate of drug-likeness (QED) is 0.0476. The summed E-state index contributed by atoms with van der Waals surface area (Å²) in [6, 6.07) is 52.7. The summed E-state index contributed by atoms with van der Waals surface area (Å²) in [5.74, 6) is 14.2. The van der Waals surface area contributed by atoms with Crippen molar-refractivity contribution in [3.63, 3.8) is 0 Å². The first kappa shape index (κ1) is 93.6. The van der Waals surface area contributed by atoms with Gasteiger partial charge in [-0.15, -0.1) is 25.7 Å². The summed E-state index contributed by atoms with van der Waals surface area (Å²) in [6.45, 7) is 2.51. The Morgan fingerprint density at radius 1 is 0.297 bits per heavy atom. The smallest absolute Gasteiger partial charge is 0.333 e. The molecule has 3 aromatic carbocycles. The number of fused-ring (bicyclic) bond motifs is 4. The van der Waals surface area contributed by atoms with Crippen LogP contribution in [0.5, 0.6) is 23.1 Å². The molecule has 0 bridgehead atoms. The summed E-state index contributed by atoms with van der Waals surface area (Å²) in [7, 11) is 5.61. The standard InChI is InChI=1S/2C28H20FN7O.C28H21N7O.C27H18F2N8O/c1-3-18-4-6-23(9-26(18)29)37-24-16-35(17-24)27-7-5-19(11-31-27)25-8-20(22-13-32-34(2)14-22)15-36-28(25)21(10-30)12-33-36;1-3-18-4-6-26(25(29)8-18)37-23-16-35(17-23)27-7-5-19(11-31-27)24-9-20(22-13-32-34(2)14-22)15-36-28(24)21(10-30)12-33-36;1-3-19-4-7-24(8-5-19)36-25-17-34(18-25)27-9-6-20(12-30-27)26-10-21(23-14-31-33(2)15-23)16-35-28(26)22(11-29)13-32-35;1-2-17-3-6-25(32-9-17)38-22-15-35(16-22)24-5-4-18(10-31-24)23-7-19(21-12-34-37(14-21)27(28)29)13-36-26(23)20(8-30)11-33-36/h1,4-9,11-15,24H,16-17H2,2H3;1,4-9,11-15,23H,16-17H2,2H3;1,4-10,12-16,25H,17-18H2,2H3;1,3-7,9-14,22,27H,15-16H2. The minimum absolute atomic E-state index is 0.0175. The molecule has 33 nitrogen and oxygen atoms in total. The van der Waals surface area contributed by atoms with Crippen LogP contribution in [0.4, 0.5) is 40.8 Å². The van der Waals surface area contributed by atoms with Gasteiger partial charge >= 0.3 is 6.55 Å². The Morgan fingerprint density at radius 3 is 0.966 bits per heavy atom. The predicted molar refractivity (Wildman–Crippen MR) is 543 cm³/mol. The molecule has 0 aliphatic carbocycles. The van der Waals surface area contributed by atoms with Gasteiger partial charge in [0.25, 0.3) is 0 Å². The number of aryl methyl sites for hydroxylation is 3. The number of anilines is 4. The summed E-state index contributed by atoms with van der Waals surface area (Å²) in [4.78, 5) is 31.3. The van der Waals surface area contributed by atoms with Crippen LogP contribution < -0.4 is 38.5 Å². The molecule has 0 amide bonds. The molecule has 0 radical (unpaired) electrons. The second kappa shape index (κ2) is 40.1. The Bertz CT molecular complexity index is 8830. The first-order valence-electron chi connectivity index (χ1n) is 46.2. The van der Waals surface area contributed by atoms with Crippen LogP contribution in [0.15, 0.2) is 276 Å². The molecule has 0 unspecified atom stereocenters. The number of halogens is 4. The monoisotopic (exact) mass is 1960 g/mol. The summed E-state index contributed by atoms with van der Waals surface area (Å²) in [5, 5.41) is 72.5. The van der Waals surface area contributed by atoms with Crippen molar-refractivity contribution in [2.24, 2.45) is 21.1 Å². The lowest BCUT2D eigenvalue weighted by molar-refractivity contribution is 0.0566. The fourth-order valence-corrected chi connectivity index (χ4v) is 17.6. The normalized spacial score (nSPS) is 13.3. The molecule has 720 valence electrons. The number of ether oxygens (including phenoxy) is 4. The summed E-state index contributed by atoms with van der Waals surface area (Å²) >= 11 is 0. The summed E-state index contributed by atoms with van der Waals surface area (Å²) in [5.41, 5.74) is 20.4. The molecule has 4 fully saturated rings. The van der Waals surface area contributed by atoms with Gasteiger partial charge in [0.15, 0.2) is 11.6 Å². The van der Waals surface area contributed by atoms with Crippen LogP contribution in [0.25, 0.3) is 111 Å². The highest BCUT2D eigenvalue weighted by Crippen LogP contribution is 2.41. The lowest BCUT2D eigenvalue weighted by Crippen LogP contribution is -2.54. The average Bonchev–Trinajstić information content (AvgIpc) is 1.59. The van der Waals surface area contributed by atoms with Gasteiger partial charge in [-0.2, -0.15) is 70.6 Å². The number of benzene rings is 3. The van der Waals surface area contributed by atoms with Crippen molar-refractivity contribution in [3.8, 4) is 186 Å². The molecule has 4 aliphatic rings. The van der Waals surface area contributed by atoms with E-state index in [0.29, 0.717) is 111 Å². The maximum Gasteiger partial charge on any atom is 0.333 e. The van der Waals surface area contributed by atoms with E-state index >= 15 is 0 Å².